The molecule has 0 aliphatic carbocycles. The summed E-state index contributed by atoms with van der Waals surface area (Å²) >= 11 is 1.06. The van der Waals surface area contributed by atoms with Crippen LogP contribution in [-0.4, -0.2) is 163 Å². The first-order valence-corrected chi connectivity index (χ1v) is 19.1. The molecule has 3 aliphatic rings. The summed E-state index contributed by atoms with van der Waals surface area (Å²) in [4.78, 5) is 111. The van der Waals surface area contributed by atoms with Crippen molar-refractivity contribution in [2.45, 2.75) is 147 Å². The van der Waals surface area contributed by atoms with Gasteiger partial charge in [-0.15, -0.1) is 11.8 Å². The number of carboxylic acid groups (broad SMARTS) is 1. The summed E-state index contributed by atoms with van der Waals surface area (Å²) < 4.78 is 73.8. The van der Waals surface area contributed by atoms with E-state index in [1.807, 2.05) is 0 Å². The maximum atomic E-state index is 12.9. The molecule has 23 nitrogen and oxygen atoms in total. The van der Waals surface area contributed by atoms with E-state index >= 15 is 0 Å². The lowest BCUT2D eigenvalue weighted by Gasteiger charge is -2.49. The maximum Gasteiger partial charge on any atom is 0.337 e. The molecule has 0 amide bonds. The van der Waals surface area contributed by atoms with Gasteiger partial charge in [0.15, 0.2) is 61.4 Å². The van der Waals surface area contributed by atoms with E-state index in [1.165, 1.54) is 0 Å². The van der Waals surface area contributed by atoms with E-state index in [4.69, 9.17) is 61.6 Å². The normalized spacial score (nSPS) is 32.9. The molecular weight excluding hydrogens is 820 g/mol. The van der Waals surface area contributed by atoms with Gasteiger partial charge in [-0.3, -0.25) is 38.4 Å². The van der Waals surface area contributed by atoms with Gasteiger partial charge in [-0.05, 0) is 5.75 Å². The summed E-state index contributed by atoms with van der Waals surface area (Å²) in [6, 6.07) is 0. The van der Waals surface area contributed by atoms with Gasteiger partial charge in [0.05, 0.1) is 6.61 Å². The average Bonchev–Trinajstić information content (AvgIpc) is 3.09. The first-order valence-electron chi connectivity index (χ1n) is 18.0. The van der Waals surface area contributed by atoms with Crippen molar-refractivity contribution in [2.75, 3.05) is 19.0 Å². The summed E-state index contributed by atoms with van der Waals surface area (Å²) in [6.07, 6.45) is -22.2. The number of carbonyl (C=O) groups is 9. The fraction of sp³-hybridized carbons (Fsp3) is 0.743. The molecule has 14 atom stereocenters. The highest BCUT2D eigenvalue weighted by Crippen LogP contribution is 2.39. The number of hydrogen-bond acceptors (Lipinski definition) is 23. The standard InChI is InChI=1S/C35H48O23S/c1-10-59-35-31(58-34-30(54-20(9)43)27(52-18(7)41)26(51-17(6)40)28(57-34)32(44)45)25(50-16(5)39)23(22(55-35)11-46-13(2)36)56-33-29(53-19(8)42)24(49-15(4)38)21(12-47-33)48-14(3)37/h21-31,33-35H,10-12H2,1-9H3,(H,44,45)/t21-,22-,23-,24+,25+,26+,27+,28+,29-,30-,31+,33+,34+,35-/m1/s1. The van der Waals surface area contributed by atoms with Crippen molar-refractivity contribution in [3.05, 3.63) is 0 Å². The Bertz CT molecular complexity index is 1570. The van der Waals surface area contributed by atoms with Gasteiger partial charge in [-0.1, -0.05) is 6.92 Å². The Hall–Kier alpha value is -4.62. The molecule has 0 aromatic carbocycles. The number of carboxylic acids is 1. The van der Waals surface area contributed by atoms with Crippen LogP contribution in [0.5, 0.6) is 0 Å². The SMILES string of the molecule is CCS[C@H]1O[C@H](COC(C)=O)[C@@H](O[C@@H]2OC[C@@H](OC(C)=O)[C@H](OC(C)=O)[C@H]2OC(C)=O)[C@H](OC(C)=O)[C@@H]1O[C@@H]1O[C@H](C(=O)O)[C@@H](OC(C)=O)[C@H](OC(C)=O)[C@H]1OC(C)=O. The Kier molecular flexibility index (Phi) is 18.3. The van der Waals surface area contributed by atoms with Crippen LogP contribution < -0.4 is 0 Å². The fourth-order valence-corrected chi connectivity index (χ4v) is 7.32. The van der Waals surface area contributed by atoms with Crippen LogP contribution in [0, 0.1) is 0 Å². The van der Waals surface area contributed by atoms with Crippen LogP contribution in [0.1, 0.15) is 62.3 Å². The minimum atomic E-state index is -2.11. The summed E-state index contributed by atoms with van der Waals surface area (Å²) in [5, 5.41) is 10.2. The van der Waals surface area contributed by atoms with E-state index in [0.717, 1.165) is 67.2 Å². The van der Waals surface area contributed by atoms with Crippen LogP contribution in [-0.2, 0) is 105 Å². The van der Waals surface area contributed by atoms with Crippen LogP contribution in [0.15, 0.2) is 0 Å². The highest BCUT2D eigenvalue weighted by atomic mass is 32.2. The molecule has 0 radical (unpaired) electrons. The Morgan fingerprint density at radius 1 is 0.525 bits per heavy atom. The maximum absolute atomic E-state index is 12.9. The van der Waals surface area contributed by atoms with Gasteiger partial charge in [0.1, 0.15) is 30.4 Å². The van der Waals surface area contributed by atoms with Gasteiger partial charge >= 0.3 is 53.7 Å². The van der Waals surface area contributed by atoms with Crippen LogP contribution >= 0.6 is 11.8 Å². The van der Waals surface area contributed by atoms with Gasteiger partial charge in [0.2, 0.25) is 0 Å². The van der Waals surface area contributed by atoms with Crippen molar-refractivity contribution in [3.63, 3.8) is 0 Å². The molecule has 3 rings (SSSR count). The molecule has 0 unspecified atom stereocenters. The quantitative estimate of drug-likeness (QED) is 0.151. The van der Waals surface area contributed by atoms with Crippen molar-refractivity contribution in [1.29, 1.82) is 0 Å². The summed E-state index contributed by atoms with van der Waals surface area (Å²) in [7, 11) is 0. The lowest BCUT2D eigenvalue weighted by Crippen LogP contribution is -2.68. The van der Waals surface area contributed by atoms with Crippen LogP contribution in [0.2, 0.25) is 0 Å². The number of carbonyl (C=O) groups excluding carboxylic acids is 8. The predicted octanol–water partition coefficient (Wildman–Crippen LogP) is -0.514. The third-order valence-corrected chi connectivity index (χ3v) is 9.25. The molecule has 0 bridgehead atoms. The van der Waals surface area contributed by atoms with Crippen molar-refractivity contribution < 1.29 is 110 Å². The first kappa shape index (κ1) is 48.7. The molecule has 3 aliphatic heterocycles. The third kappa shape index (κ3) is 14.0. The van der Waals surface area contributed by atoms with E-state index in [9.17, 15) is 48.3 Å². The molecule has 59 heavy (non-hydrogen) atoms. The summed E-state index contributed by atoms with van der Waals surface area (Å²) in [5.41, 5.74) is -1.23. The zero-order valence-corrected chi connectivity index (χ0v) is 34.4. The zero-order chi connectivity index (χ0) is 44.3. The monoisotopic (exact) mass is 868 g/mol. The second-order valence-electron chi connectivity index (χ2n) is 13.1. The lowest BCUT2D eigenvalue weighted by atomic mass is 9.96. The smallest absolute Gasteiger partial charge is 0.337 e. The van der Waals surface area contributed by atoms with Gasteiger partial charge in [0, 0.05) is 55.4 Å². The van der Waals surface area contributed by atoms with Crippen molar-refractivity contribution in [1.82, 2.24) is 0 Å². The minimum absolute atomic E-state index is 0.284. The molecule has 24 heteroatoms. The predicted molar refractivity (Wildman–Crippen MR) is 188 cm³/mol. The Balaban J connectivity index is 2.22. The van der Waals surface area contributed by atoms with Gasteiger partial charge in [-0.25, -0.2) is 4.79 Å². The third-order valence-electron chi connectivity index (χ3n) is 8.21. The lowest BCUT2D eigenvalue weighted by molar-refractivity contribution is -0.350. The van der Waals surface area contributed by atoms with Crippen LogP contribution in [0.3, 0.4) is 0 Å². The number of thioether (sulfide) groups is 1. The topological polar surface area (TPSA) is 294 Å². The van der Waals surface area contributed by atoms with E-state index in [0.29, 0.717) is 0 Å². The second-order valence-corrected chi connectivity index (χ2v) is 14.4. The largest absolute Gasteiger partial charge is 0.479 e. The number of rotatable bonds is 16. The number of ether oxygens (including phenoxy) is 13. The number of aliphatic carboxylic acids is 1. The fourth-order valence-electron chi connectivity index (χ4n) is 6.36. The molecule has 3 saturated heterocycles. The Morgan fingerprint density at radius 3 is 1.44 bits per heavy atom. The summed E-state index contributed by atoms with van der Waals surface area (Å²) in [5.74, 6) is -8.76. The molecule has 0 aromatic rings. The highest BCUT2D eigenvalue weighted by Gasteiger charge is 2.59. The summed E-state index contributed by atoms with van der Waals surface area (Å²) in [6.45, 7) is 8.79. The van der Waals surface area contributed by atoms with Crippen LogP contribution in [0.25, 0.3) is 0 Å². The molecule has 3 heterocycles. The minimum Gasteiger partial charge on any atom is -0.479 e. The number of esters is 8. The van der Waals surface area contributed by atoms with Gasteiger partial charge in [-0.2, -0.15) is 0 Å². The molecule has 332 valence electrons. The van der Waals surface area contributed by atoms with Crippen molar-refractivity contribution >= 4 is 65.5 Å². The van der Waals surface area contributed by atoms with Crippen molar-refractivity contribution in [2.24, 2.45) is 0 Å². The van der Waals surface area contributed by atoms with Crippen LogP contribution in [0.4, 0.5) is 0 Å². The molecule has 1 N–H and O–H groups in total. The van der Waals surface area contributed by atoms with Gasteiger partial charge in [0.25, 0.3) is 0 Å². The van der Waals surface area contributed by atoms with E-state index in [2.05, 4.69) is 0 Å². The molecular formula is C35H48O23S. The van der Waals surface area contributed by atoms with Crippen molar-refractivity contribution in [3.8, 4) is 0 Å². The average molecular weight is 869 g/mol. The van der Waals surface area contributed by atoms with E-state index in [1.54, 1.807) is 6.92 Å². The molecule has 0 spiro atoms. The Morgan fingerprint density at radius 2 is 0.966 bits per heavy atom. The second kappa shape index (κ2) is 22.1. The molecule has 0 aromatic heterocycles. The first-order chi connectivity index (χ1) is 27.6. The zero-order valence-electron chi connectivity index (χ0n) is 33.5. The van der Waals surface area contributed by atoms with E-state index in [-0.39, 0.29) is 5.75 Å². The Labute approximate surface area is 341 Å². The van der Waals surface area contributed by atoms with Gasteiger partial charge < -0.3 is 66.7 Å². The van der Waals surface area contributed by atoms with E-state index < -0.39 is 152 Å². The molecule has 0 saturated carbocycles. The number of hydrogen-bond donors (Lipinski definition) is 1. The molecule has 3 fully saturated rings. The highest BCUT2D eigenvalue weighted by molar-refractivity contribution is 7.99.